The first-order valence-electron chi connectivity index (χ1n) is 6.81. The Balaban J connectivity index is 1.91. The second-order valence-corrected chi connectivity index (χ2v) is 5.15. The number of morpholine rings is 1. The molecule has 1 aliphatic heterocycles. The van der Waals surface area contributed by atoms with E-state index in [2.05, 4.69) is 22.2 Å². The van der Waals surface area contributed by atoms with E-state index in [1.165, 1.54) is 0 Å². The predicted molar refractivity (Wildman–Crippen MR) is 75.7 cm³/mol. The molecule has 0 saturated carbocycles. The minimum absolute atomic E-state index is 0.141. The summed E-state index contributed by atoms with van der Waals surface area (Å²) in [5, 5.41) is 3.32. The van der Waals surface area contributed by atoms with Gasteiger partial charge in [0.05, 0.1) is 18.8 Å². The molecule has 0 bridgehead atoms. The Morgan fingerprint density at radius 3 is 3.16 bits per heavy atom. The highest BCUT2D eigenvalue weighted by Crippen LogP contribution is 2.22. The molecule has 1 unspecified atom stereocenters. The Morgan fingerprint density at radius 2 is 2.42 bits per heavy atom. The minimum atomic E-state index is 0.141. The van der Waals surface area contributed by atoms with E-state index >= 15 is 0 Å². The monoisotopic (exact) mass is 265 g/mol. The highest BCUT2D eigenvalue weighted by atomic mass is 16.5. The first-order chi connectivity index (χ1) is 9.15. The second kappa shape index (κ2) is 6.73. The maximum atomic E-state index is 5.73. The van der Waals surface area contributed by atoms with Gasteiger partial charge in [0.2, 0.25) is 0 Å². The van der Waals surface area contributed by atoms with Gasteiger partial charge in [0.1, 0.15) is 0 Å². The number of nitrogens with zero attached hydrogens (tertiary/aromatic N) is 2. The molecule has 0 aliphatic carbocycles. The van der Waals surface area contributed by atoms with E-state index in [9.17, 15) is 0 Å². The van der Waals surface area contributed by atoms with Crippen LogP contribution in [-0.2, 0) is 4.74 Å². The lowest BCUT2D eigenvalue weighted by Crippen LogP contribution is -2.43. The summed E-state index contributed by atoms with van der Waals surface area (Å²) in [7, 11) is 2.11. The second-order valence-electron chi connectivity index (χ2n) is 5.15. The van der Waals surface area contributed by atoms with Crippen molar-refractivity contribution in [3.05, 3.63) is 18.3 Å². The van der Waals surface area contributed by atoms with Crippen LogP contribution in [0.3, 0.4) is 0 Å². The minimum Gasteiger partial charge on any atom is -0.487 e. The van der Waals surface area contributed by atoms with E-state index < -0.39 is 0 Å². The van der Waals surface area contributed by atoms with Crippen molar-refractivity contribution in [2.75, 3.05) is 38.6 Å². The van der Waals surface area contributed by atoms with Gasteiger partial charge in [0.25, 0.3) is 0 Å². The summed E-state index contributed by atoms with van der Waals surface area (Å²) in [6, 6.07) is 3.82. The lowest BCUT2D eigenvalue weighted by atomic mass is 10.3. The van der Waals surface area contributed by atoms with Crippen LogP contribution in [0.4, 0.5) is 5.82 Å². The standard InChI is InChI=1S/C14H23N3O2/c1-11(2)19-13-5-4-6-15-14(13)16-9-12-10-17(3)7-8-18-12/h4-6,11-12H,7-10H2,1-3H3,(H,15,16). The van der Waals surface area contributed by atoms with Crippen molar-refractivity contribution in [1.82, 2.24) is 9.88 Å². The normalized spacial score (nSPS) is 20.5. The third-order valence-electron chi connectivity index (χ3n) is 2.97. The first-order valence-corrected chi connectivity index (χ1v) is 6.81. The van der Waals surface area contributed by atoms with Gasteiger partial charge in [-0.3, -0.25) is 0 Å². The third-order valence-corrected chi connectivity index (χ3v) is 2.97. The molecule has 1 fully saturated rings. The number of ether oxygens (including phenoxy) is 2. The maximum absolute atomic E-state index is 5.73. The van der Waals surface area contributed by atoms with Crippen molar-refractivity contribution in [2.45, 2.75) is 26.1 Å². The van der Waals surface area contributed by atoms with Crippen LogP contribution in [0.15, 0.2) is 18.3 Å². The molecule has 1 N–H and O–H groups in total. The fraction of sp³-hybridized carbons (Fsp3) is 0.643. The first kappa shape index (κ1) is 14.1. The zero-order chi connectivity index (χ0) is 13.7. The Labute approximate surface area is 114 Å². The molecule has 2 heterocycles. The number of aromatic nitrogens is 1. The Kier molecular flexibility index (Phi) is 4.99. The van der Waals surface area contributed by atoms with Crippen LogP contribution in [0, 0.1) is 0 Å². The largest absolute Gasteiger partial charge is 0.487 e. The fourth-order valence-corrected chi connectivity index (χ4v) is 2.07. The highest BCUT2D eigenvalue weighted by molar-refractivity contribution is 5.49. The van der Waals surface area contributed by atoms with Crippen LogP contribution >= 0.6 is 0 Å². The van der Waals surface area contributed by atoms with Gasteiger partial charge in [-0.15, -0.1) is 0 Å². The Bertz CT molecular complexity index is 398. The van der Waals surface area contributed by atoms with Crippen molar-refractivity contribution in [3.63, 3.8) is 0 Å². The van der Waals surface area contributed by atoms with Crippen molar-refractivity contribution in [2.24, 2.45) is 0 Å². The number of anilines is 1. The summed E-state index contributed by atoms with van der Waals surface area (Å²) in [5.41, 5.74) is 0. The number of hydrogen-bond acceptors (Lipinski definition) is 5. The van der Waals surface area contributed by atoms with Gasteiger partial charge in [-0.2, -0.15) is 0 Å². The molecule has 0 amide bonds. The lowest BCUT2D eigenvalue weighted by Gasteiger charge is -2.30. The third kappa shape index (κ3) is 4.36. The quantitative estimate of drug-likeness (QED) is 0.876. The molecule has 1 aromatic rings. The molecule has 5 heteroatoms. The van der Waals surface area contributed by atoms with Gasteiger partial charge >= 0.3 is 0 Å². The molecular formula is C14H23N3O2. The average Bonchev–Trinajstić information content (AvgIpc) is 2.37. The SMILES string of the molecule is CC(C)Oc1cccnc1NCC1CN(C)CCO1. The Morgan fingerprint density at radius 1 is 1.58 bits per heavy atom. The van der Waals surface area contributed by atoms with Gasteiger partial charge in [-0.25, -0.2) is 4.98 Å². The highest BCUT2D eigenvalue weighted by Gasteiger charge is 2.18. The number of likely N-dealkylation sites (N-methyl/N-ethyl adjacent to an activating group) is 1. The van der Waals surface area contributed by atoms with Crippen molar-refractivity contribution in [1.29, 1.82) is 0 Å². The summed E-state index contributed by atoms with van der Waals surface area (Å²) in [4.78, 5) is 6.61. The number of rotatable bonds is 5. The number of hydrogen-bond donors (Lipinski definition) is 1. The van der Waals surface area contributed by atoms with Crippen LogP contribution in [0.5, 0.6) is 5.75 Å². The van der Waals surface area contributed by atoms with E-state index in [1.54, 1.807) is 6.20 Å². The molecule has 1 aliphatic rings. The fourth-order valence-electron chi connectivity index (χ4n) is 2.07. The van der Waals surface area contributed by atoms with Gasteiger partial charge in [-0.05, 0) is 33.0 Å². The molecular weight excluding hydrogens is 242 g/mol. The summed E-state index contributed by atoms with van der Waals surface area (Å²) in [6.45, 7) is 7.50. The van der Waals surface area contributed by atoms with E-state index in [1.807, 2.05) is 26.0 Å². The smallest absolute Gasteiger partial charge is 0.168 e. The number of pyridine rings is 1. The molecule has 0 aromatic carbocycles. The molecule has 0 spiro atoms. The van der Waals surface area contributed by atoms with E-state index in [4.69, 9.17) is 9.47 Å². The van der Waals surface area contributed by atoms with Crippen molar-refractivity contribution in [3.8, 4) is 5.75 Å². The van der Waals surface area contributed by atoms with Gasteiger partial charge in [-0.1, -0.05) is 0 Å². The molecule has 106 valence electrons. The van der Waals surface area contributed by atoms with Gasteiger partial charge in [0, 0.05) is 25.8 Å². The molecule has 1 saturated heterocycles. The zero-order valence-corrected chi connectivity index (χ0v) is 11.9. The lowest BCUT2D eigenvalue weighted by molar-refractivity contribution is -0.0117. The van der Waals surface area contributed by atoms with Gasteiger partial charge < -0.3 is 19.7 Å². The molecule has 2 rings (SSSR count). The molecule has 1 atom stereocenters. The van der Waals surface area contributed by atoms with Crippen LogP contribution in [0.1, 0.15) is 13.8 Å². The van der Waals surface area contributed by atoms with Gasteiger partial charge in [0.15, 0.2) is 11.6 Å². The molecule has 5 nitrogen and oxygen atoms in total. The zero-order valence-electron chi connectivity index (χ0n) is 11.9. The van der Waals surface area contributed by atoms with E-state index in [0.29, 0.717) is 0 Å². The van der Waals surface area contributed by atoms with E-state index in [-0.39, 0.29) is 12.2 Å². The van der Waals surface area contributed by atoms with Crippen LogP contribution in [0.2, 0.25) is 0 Å². The molecule has 1 aromatic heterocycles. The topological polar surface area (TPSA) is 46.6 Å². The van der Waals surface area contributed by atoms with Crippen LogP contribution in [-0.4, -0.2) is 55.4 Å². The van der Waals surface area contributed by atoms with Crippen molar-refractivity contribution >= 4 is 5.82 Å². The Hall–Kier alpha value is -1.33. The predicted octanol–water partition coefficient (Wildman–Crippen LogP) is 1.61. The summed E-state index contributed by atoms with van der Waals surface area (Å²) < 4.78 is 11.4. The number of nitrogens with one attached hydrogen (secondary N) is 1. The van der Waals surface area contributed by atoms with Crippen LogP contribution in [0.25, 0.3) is 0 Å². The average molecular weight is 265 g/mol. The molecule has 0 radical (unpaired) electrons. The summed E-state index contributed by atoms with van der Waals surface area (Å²) >= 11 is 0. The maximum Gasteiger partial charge on any atom is 0.168 e. The van der Waals surface area contributed by atoms with Crippen molar-refractivity contribution < 1.29 is 9.47 Å². The van der Waals surface area contributed by atoms with Crippen LogP contribution < -0.4 is 10.1 Å². The van der Waals surface area contributed by atoms with E-state index in [0.717, 1.165) is 37.8 Å². The summed E-state index contributed by atoms with van der Waals surface area (Å²) in [5.74, 6) is 1.58. The summed E-state index contributed by atoms with van der Waals surface area (Å²) in [6.07, 6.45) is 2.11. The molecule has 19 heavy (non-hydrogen) atoms.